The van der Waals surface area contributed by atoms with Crippen LogP contribution in [0, 0.1) is 6.92 Å². The number of carbonyl (C=O) groups is 1. The van der Waals surface area contributed by atoms with Gasteiger partial charge in [0.1, 0.15) is 5.82 Å². The van der Waals surface area contributed by atoms with E-state index in [1.165, 1.54) is 0 Å². The Labute approximate surface area is 120 Å². The molecule has 3 heterocycles. The molecule has 1 atom stereocenters. The second kappa shape index (κ2) is 4.63. The summed E-state index contributed by atoms with van der Waals surface area (Å²) in [5, 5.41) is 7.68. The third kappa shape index (κ3) is 1.91. The van der Waals surface area contributed by atoms with Gasteiger partial charge in [-0.3, -0.25) is 19.4 Å². The van der Waals surface area contributed by atoms with E-state index in [9.17, 15) is 9.59 Å². The molecular formula is C14H17N3O2S. The van der Waals surface area contributed by atoms with Crippen LogP contribution in [-0.2, 0) is 4.79 Å². The summed E-state index contributed by atoms with van der Waals surface area (Å²) in [4.78, 5) is 25.4. The van der Waals surface area contributed by atoms with Gasteiger partial charge in [-0.25, -0.2) is 0 Å². The number of amides is 1. The number of anilines is 1. The van der Waals surface area contributed by atoms with E-state index in [2.05, 4.69) is 10.4 Å². The summed E-state index contributed by atoms with van der Waals surface area (Å²) in [6.45, 7) is 5.97. The van der Waals surface area contributed by atoms with Crippen LogP contribution in [0.1, 0.15) is 48.2 Å². The molecular weight excluding hydrogens is 274 g/mol. The van der Waals surface area contributed by atoms with Gasteiger partial charge in [0.25, 0.3) is 5.56 Å². The van der Waals surface area contributed by atoms with Gasteiger partial charge in [0.05, 0.1) is 5.56 Å². The topological polar surface area (TPSA) is 66.9 Å². The van der Waals surface area contributed by atoms with Crippen LogP contribution in [-0.4, -0.2) is 15.7 Å². The van der Waals surface area contributed by atoms with Gasteiger partial charge in [0.2, 0.25) is 5.91 Å². The summed E-state index contributed by atoms with van der Waals surface area (Å²) in [7, 11) is 0. The number of hydrogen-bond donors (Lipinski definition) is 2. The predicted octanol–water partition coefficient (Wildman–Crippen LogP) is 2.60. The molecule has 1 amide bonds. The standard InChI is InChI=1S/C14H17N3O2S/c1-7(2)17-13-11(14(19)16-17)9(6-10(18)15-13)12-8(3)4-5-20-12/h4-5,7,9H,6H2,1-3H3,(H,15,18)(H,16,19). The highest BCUT2D eigenvalue weighted by atomic mass is 32.1. The lowest BCUT2D eigenvalue weighted by Crippen LogP contribution is -2.27. The highest BCUT2D eigenvalue weighted by Gasteiger charge is 2.34. The van der Waals surface area contributed by atoms with Gasteiger partial charge in [0, 0.05) is 23.3 Å². The first-order valence-corrected chi connectivity index (χ1v) is 7.55. The average Bonchev–Trinajstić information content (AvgIpc) is 2.93. The number of aromatic amines is 1. The molecule has 5 nitrogen and oxygen atoms in total. The average molecular weight is 291 g/mol. The summed E-state index contributed by atoms with van der Waals surface area (Å²) in [6, 6.07) is 2.12. The molecule has 106 valence electrons. The van der Waals surface area contributed by atoms with Crippen LogP contribution in [0.4, 0.5) is 5.82 Å². The molecule has 0 aromatic carbocycles. The number of hydrogen-bond acceptors (Lipinski definition) is 3. The van der Waals surface area contributed by atoms with Crippen LogP contribution < -0.4 is 10.9 Å². The van der Waals surface area contributed by atoms with E-state index in [1.54, 1.807) is 16.0 Å². The largest absolute Gasteiger partial charge is 0.311 e. The van der Waals surface area contributed by atoms with Gasteiger partial charge in [-0.2, -0.15) is 0 Å². The first kappa shape index (κ1) is 13.2. The Morgan fingerprint density at radius 2 is 2.15 bits per heavy atom. The zero-order chi connectivity index (χ0) is 14.4. The van der Waals surface area contributed by atoms with Gasteiger partial charge in [0.15, 0.2) is 0 Å². The second-order valence-corrected chi connectivity index (χ2v) is 6.39. The summed E-state index contributed by atoms with van der Waals surface area (Å²) in [5.74, 6) is 0.449. The van der Waals surface area contributed by atoms with Crippen molar-refractivity contribution in [3.8, 4) is 0 Å². The Morgan fingerprint density at radius 3 is 2.75 bits per heavy atom. The maximum atomic E-state index is 12.3. The van der Waals surface area contributed by atoms with E-state index in [4.69, 9.17) is 0 Å². The SMILES string of the molecule is Cc1ccsc1C1CC(=O)Nc2c1c(=O)[nH]n2C(C)C. The molecule has 20 heavy (non-hydrogen) atoms. The minimum Gasteiger partial charge on any atom is -0.311 e. The molecule has 0 fully saturated rings. The molecule has 6 heteroatoms. The van der Waals surface area contributed by atoms with Crippen LogP contribution >= 0.6 is 11.3 Å². The molecule has 0 radical (unpaired) electrons. The Kier molecular flexibility index (Phi) is 3.05. The molecule has 1 unspecified atom stereocenters. The minimum atomic E-state index is -0.137. The molecule has 2 N–H and O–H groups in total. The van der Waals surface area contributed by atoms with Gasteiger partial charge in [-0.05, 0) is 37.8 Å². The van der Waals surface area contributed by atoms with E-state index >= 15 is 0 Å². The van der Waals surface area contributed by atoms with Gasteiger partial charge >= 0.3 is 0 Å². The molecule has 0 saturated heterocycles. The highest BCUT2D eigenvalue weighted by Crippen LogP contribution is 2.39. The van der Waals surface area contributed by atoms with Crippen molar-refractivity contribution in [1.29, 1.82) is 0 Å². The van der Waals surface area contributed by atoms with Crippen LogP contribution in [0.2, 0.25) is 0 Å². The van der Waals surface area contributed by atoms with Crippen molar-refractivity contribution in [3.05, 3.63) is 37.8 Å². The summed E-state index contributed by atoms with van der Waals surface area (Å²) in [6.07, 6.45) is 0.333. The zero-order valence-corrected chi connectivity index (χ0v) is 12.5. The van der Waals surface area contributed by atoms with Crippen molar-refractivity contribution < 1.29 is 4.79 Å². The monoisotopic (exact) mass is 291 g/mol. The molecule has 0 spiro atoms. The highest BCUT2D eigenvalue weighted by molar-refractivity contribution is 7.10. The number of aromatic nitrogens is 2. The number of aryl methyl sites for hydroxylation is 1. The van der Waals surface area contributed by atoms with E-state index in [0.29, 0.717) is 17.8 Å². The number of nitrogens with zero attached hydrogens (tertiary/aromatic N) is 1. The molecule has 0 bridgehead atoms. The van der Waals surface area contributed by atoms with Crippen LogP contribution in [0.3, 0.4) is 0 Å². The van der Waals surface area contributed by atoms with Crippen molar-refractivity contribution in [2.24, 2.45) is 0 Å². The normalized spacial score (nSPS) is 18.2. The third-order valence-electron chi connectivity index (χ3n) is 3.69. The number of thiophene rings is 1. The number of nitrogens with one attached hydrogen (secondary N) is 2. The lowest BCUT2D eigenvalue weighted by atomic mass is 9.91. The molecule has 2 aromatic heterocycles. The Balaban J connectivity index is 2.21. The maximum Gasteiger partial charge on any atom is 0.270 e. The molecule has 2 aromatic rings. The molecule has 1 aliphatic heterocycles. The summed E-state index contributed by atoms with van der Waals surface area (Å²) >= 11 is 1.61. The van der Waals surface area contributed by atoms with Gasteiger partial charge in [-0.15, -0.1) is 11.3 Å². The first-order valence-electron chi connectivity index (χ1n) is 6.67. The van der Waals surface area contributed by atoms with E-state index in [0.717, 1.165) is 10.4 Å². The van der Waals surface area contributed by atoms with Crippen LogP contribution in [0.5, 0.6) is 0 Å². The second-order valence-electron chi connectivity index (χ2n) is 5.44. The Hall–Kier alpha value is -1.82. The molecule has 3 rings (SSSR count). The molecule has 0 aliphatic carbocycles. The van der Waals surface area contributed by atoms with Crippen molar-refractivity contribution in [2.75, 3.05) is 5.32 Å². The van der Waals surface area contributed by atoms with Crippen molar-refractivity contribution >= 4 is 23.1 Å². The molecule has 1 aliphatic rings. The minimum absolute atomic E-state index is 0.0382. The van der Waals surface area contributed by atoms with E-state index < -0.39 is 0 Å². The zero-order valence-electron chi connectivity index (χ0n) is 11.7. The van der Waals surface area contributed by atoms with Gasteiger partial charge in [-0.1, -0.05) is 0 Å². The van der Waals surface area contributed by atoms with Crippen molar-refractivity contribution in [2.45, 2.75) is 39.2 Å². The van der Waals surface area contributed by atoms with Crippen LogP contribution in [0.25, 0.3) is 0 Å². The van der Waals surface area contributed by atoms with E-state index in [-0.39, 0.29) is 23.4 Å². The smallest absolute Gasteiger partial charge is 0.270 e. The van der Waals surface area contributed by atoms with Crippen molar-refractivity contribution in [3.63, 3.8) is 0 Å². The lowest BCUT2D eigenvalue weighted by Gasteiger charge is -2.23. The first-order chi connectivity index (χ1) is 9.49. The fourth-order valence-corrected chi connectivity index (χ4v) is 3.77. The number of rotatable bonds is 2. The summed E-state index contributed by atoms with van der Waals surface area (Å²) in [5.41, 5.74) is 1.72. The van der Waals surface area contributed by atoms with Crippen LogP contribution in [0.15, 0.2) is 16.2 Å². The number of fused-ring (bicyclic) bond motifs is 1. The fraction of sp³-hybridized carbons (Fsp3) is 0.429. The van der Waals surface area contributed by atoms with Crippen molar-refractivity contribution in [1.82, 2.24) is 9.78 Å². The maximum absolute atomic E-state index is 12.3. The van der Waals surface area contributed by atoms with Gasteiger partial charge < -0.3 is 5.32 Å². The van der Waals surface area contributed by atoms with E-state index in [1.807, 2.05) is 32.2 Å². The number of H-pyrrole nitrogens is 1. The molecule has 0 saturated carbocycles. The lowest BCUT2D eigenvalue weighted by molar-refractivity contribution is -0.116. The Bertz CT molecular complexity index is 723. The summed E-state index contributed by atoms with van der Waals surface area (Å²) < 4.78 is 1.74. The number of carbonyl (C=O) groups excluding carboxylic acids is 1. The fourth-order valence-electron chi connectivity index (χ4n) is 2.74. The third-order valence-corrected chi connectivity index (χ3v) is 4.83. The quantitative estimate of drug-likeness (QED) is 0.893. The Morgan fingerprint density at radius 1 is 1.40 bits per heavy atom. The predicted molar refractivity (Wildman–Crippen MR) is 79.6 cm³/mol.